The van der Waals surface area contributed by atoms with Crippen molar-refractivity contribution in [2.45, 2.75) is 0 Å². The Kier molecular flexibility index (Phi) is 1.24. The number of nitrogens with zero attached hydrogens (tertiary/aromatic N) is 1. The molecule has 1 N–H and O–H groups in total. The number of aromatic nitrogens is 2. The van der Waals surface area contributed by atoms with E-state index < -0.39 is 10.4 Å². The van der Waals surface area contributed by atoms with Crippen molar-refractivity contribution in [3.8, 4) is 0 Å². The van der Waals surface area contributed by atoms with E-state index in [1.54, 1.807) is 0 Å². The van der Waals surface area contributed by atoms with Crippen molar-refractivity contribution in [1.82, 2.24) is 4.98 Å². The highest BCUT2D eigenvalue weighted by molar-refractivity contribution is 7.79. The van der Waals surface area contributed by atoms with Crippen LogP contribution in [0.4, 0.5) is 3.89 Å². The van der Waals surface area contributed by atoms with Crippen molar-refractivity contribution in [3.63, 3.8) is 0 Å². The molecule has 0 saturated heterocycles. The van der Waals surface area contributed by atoms with Crippen LogP contribution >= 0.6 is 0 Å². The molecule has 0 fully saturated rings. The molecule has 0 aromatic carbocycles. The molecule has 0 aliphatic rings. The van der Waals surface area contributed by atoms with E-state index in [-0.39, 0.29) is 0 Å². The number of nitrogens with one attached hydrogen (secondary N) is 1. The van der Waals surface area contributed by atoms with E-state index in [4.69, 9.17) is 0 Å². The number of imidazole rings is 1. The summed E-state index contributed by atoms with van der Waals surface area (Å²) in [5.74, 6) is 0. The van der Waals surface area contributed by atoms with Crippen LogP contribution in [-0.4, -0.2) is 13.4 Å². The fraction of sp³-hybridized carbons (Fsp3) is 0. The molecule has 0 unspecified atom stereocenters. The second-order valence-electron chi connectivity index (χ2n) is 1.38. The van der Waals surface area contributed by atoms with Crippen LogP contribution in [0.1, 0.15) is 0 Å². The van der Waals surface area contributed by atoms with Gasteiger partial charge in [-0.1, -0.05) is 7.86 Å². The largest absolute Gasteiger partial charge is 0.480 e. The summed E-state index contributed by atoms with van der Waals surface area (Å²) in [6, 6.07) is 0. The third kappa shape index (κ3) is 1.26. The van der Waals surface area contributed by atoms with Gasteiger partial charge in [0.05, 0.1) is 0 Å². The molecular weight excluding hydrogens is 147 g/mol. The van der Waals surface area contributed by atoms with Gasteiger partial charge in [0.25, 0.3) is 6.33 Å². The van der Waals surface area contributed by atoms with Crippen LogP contribution < -0.4 is 3.97 Å². The van der Waals surface area contributed by atoms with Crippen LogP contribution in [0.2, 0.25) is 0 Å². The molecule has 9 heavy (non-hydrogen) atoms. The second kappa shape index (κ2) is 1.80. The summed E-state index contributed by atoms with van der Waals surface area (Å²) in [5, 5.41) is 0. The fourth-order valence-corrected chi connectivity index (χ4v) is 0.805. The van der Waals surface area contributed by atoms with Crippen molar-refractivity contribution < 1.29 is 16.3 Å². The topological polar surface area (TPSA) is 53.8 Å². The summed E-state index contributed by atoms with van der Waals surface area (Å²) in [6.45, 7) is 0. The zero-order valence-corrected chi connectivity index (χ0v) is 5.10. The minimum Gasteiger partial charge on any atom is -0.249 e. The molecule has 0 aliphatic heterocycles. The molecule has 0 amide bonds. The summed E-state index contributed by atoms with van der Waals surface area (Å²) in [7, 11) is -4.57. The molecule has 0 spiro atoms. The van der Waals surface area contributed by atoms with Crippen LogP contribution in [0.15, 0.2) is 18.7 Å². The van der Waals surface area contributed by atoms with Gasteiger partial charge in [-0.15, -0.1) is 0 Å². The number of H-pyrrole nitrogens is 1. The lowest BCUT2D eigenvalue weighted by atomic mass is 11.0. The quantitative estimate of drug-likeness (QED) is 0.429. The van der Waals surface area contributed by atoms with Crippen LogP contribution in [0.25, 0.3) is 0 Å². The number of halogens is 1. The number of hydrogen-bond donors (Lipinski definition) is 1. The van der Waals surface area contributed by atoms with Gasteiger partial charge < -0.3 is 0 Å². The Bertz CT molecular complexity index is 277. The highest BCUT2D eigenvalue weighted by Gasteiger charge is 2.14. The van der Waals surface area contributed by atoms with Crippen molar-refractivity contribution >= 4 is 10.4 Å². The van der Waals surface area contributed by atoms with E-state index in [1.165, 1.54) is 6.20 Å². The van der Waals surface area contributed by atoms with E-state index >= 15 is 0 Å². The van der Waals surface area contributed by atoms with Crippen LogP contribution in [0, 0.1) is 0 Å². The van der Waals surface area contributed by atoms with Crippen molar-refractivity contribution in [1.29, 1.82) is 0 Å². The lowest BCUT2D eigenvalue weighted by molar-refractivity contribution is -0.514. The first-order chi connectivity index (χ1) is 4.11. The van der Waals surface area contributed by atoms with Gasteiger partial charge in [0.1, 0.15) is 12.4 Å². The Balaban J connectivity index is 3.20. The van der Waals surface area contributed by atoms with Crippen LogP contribution in [0.3, 0.4) is 0 Å². The van der Waals surface area contributed by atoms with Gasteiger partial charge in [-0.05, 0) is 0 Å². The summed E-state index contributed by atoms with van der Waals surface area (Å²) < 4.78 is 32.2. The number of hydrogen-bond acceptors (Lipinski definition) is 2. The van der Waals surface area contributed by atoms with Crippen molar-refractivity contribution in [3.05, 3.63) is 18.7 Å². The Morgan fingerprint density at radius 1 is 1.56 bits per heavy atom. The molecule has 0 bridgehead atoms. The average Bonchev–Trinajstić information content (AvgIpc) is 2.08. The Labute approximate surface area is 51.3 Å². The smallest absolute Gasteiger partial charge is 0.249 e. The summed E-state index contributed by atoms with van der Waals surface area (Å²) in [5.41, 5.74) is 0. The lowest BCUT2D eigenvalue weighted by Crippen LogP contribution is -2.36. The first kappa shape index (κ1) is 6.21. The molecular formula is C3H4FN2O2S+. The van der Waals surface area contributed by atoms with Crippen LogP contribution in [-0.2, 0) is 10.4 Å². The van der Waals surface area contributed by atoms with E-state index in [2.05, 4.69) is 4.98 Å². The first-order valence-electron chi connectivity index (χ1n) is 2.10. The molecule has 1 aromatic rings. The minimum absolute atomic E-state index is 0.438. The summed E-state index contributed by atoms with van der Waals surface area (Å²) >= 11 is 0. The van der Waals surface area contributed by atoms with Crippen molar-refractivity contribution in [2.75, 3.05) is 0 Å². The molecule has 50 valence electrons. The highest BCUT2D eigenvalue weighted by Crippen LogP contribution is 1.81. The normalized spacial score (nSPS) is 11.7. The third-order valence-electron chi connectivity index (χ3n) is 0.771. The molecule has 0 aliphatic carbocycles. The second-order valence-corrected chi connectivity index (χ2v) is 2.63. The number of rotatable bonds is 1. The molecule has 4 nitrogen and oxygen atoms in total. The van der Waals surface area contributed by atoms with Crippen molar-refractivity contribution in [2.24, 2.45) is 0 Å². The van der Waals surface area contributed by atoms with Gasteiger partial charge in [0, 0.05) is 0 Å². The first-order valence-corrected chi connectivity index (χ1v) is 3.44. The molecule has 0 saturated carbocycles. The molecule has 0 radical (unpaired) electrons. The SMILES string of the molecule is O=S(=O)(F)[n+]1cc[nH]c1. The molecule has 1 heterocycles. The van der Waals surface area contributed by atoms with Gasteiger partial charge in [0.2, 0.25) is 0 Å². The van der Waals surface area contributed by atoms with Gasteiger partial charge in [-0.25, -0.2) is 4.98 Å². The maximum atomic E-state index is 11.9. The molecule has 6 heteroatoms. The third-order valence-corrected chi connectivity index (χ3v) is 1.50. The molecule has 0 atom stereocenters. The maximum Gasteiger partial charge on any atom is 0.480 e. The van der Waals surface area contributed by atoms with Crippen LogP contribution in [0.5, 0.6) is 0 Å². The summed E-state index contributed by atoms with van der Waals surface area (Å²) in [6.07, 6.45) is 3.36. The lowest BCUT2D eigenvalue weighted by Gasteiger charge is -1.79. The molecule has 1 aromatic heterocycles. The Morgan fingerprint density at radius 2 is 2.22 bits per heavy atom. The zero-order chi connectivity index (χ0) is 6.91. The van der Waals surface area contributed by atoms with E-state index in [0.717, 1.165) is 12.5 Å². The van der Waals surface area contributed by atoms with E-state index in [0.29, 0.717) is 3.97 Å². The standard InChI is InChI=1S/C3H3FN2O2S/c4-9(7,8)6-2-1-5-3-6/h1-3H/p+1. The predicted octanol–water partition coefficient (Wildman–Crippen LogP) is -0.635. The Morgan fingerprint density at radius 3 is 2.44 bits per heavy atom. The minimum atomic E-state index is -4.57. The fourth-order valence-electron chi connectivity index (χ4n) is 0.412. The summed E-state index contributed by atoms with van der Waals surface area (Å²) in [4.78, 5) is 2.38. The van der Waals surface area contributed by atoms with E-state index in [9.17, 15) is 12.3 Å². The predicted molar refractivity (Wildman–Crippen MR) is 26.4 cm³/mol. The highest BCUT2D eigenvalue weighted by atomic mass is 32.3. The van der Waals surface area contributed by atoms with Gasteiger partial charge >= 0.3 is 10.4 Å². The maximum absolute atomic E-state index is 11.9. The Hall–Kier alpha value is -0.910. The average molecular weight is 151 g/mol. The van der Waals surface area contributed by atoms with Gasteiger partial charge in [-0.3, -0.25) is 0 Å². The monoisotopic (exact) mass is 151 g/mol. The van der Waals surface area contributed by atoms with Gasteiger partial charge in [-0.2, -0.15) is 8.42 Å². The van der Waals surface area contributed by atoms with Gasteiger partial charge in [0.15, 0.2) is 0 Å². The number of aromatic amines is 1. The van der Waals surface area contributed by atoms with E-state index in [1.807, 2.05) is 0 Å². The molecule has 1 rings (SSSR count). The zero-order valence-electron chi connectivity index (χ0n) is 4.28.